The van der Waals surface area contributed by atoms with E-state index < -0.39 is 11.6 Å². The molecule has 7 heteroatoms. The highest BCUT2D eigenvalue weighted by molar-refractivity contribution is 6.04. The maximum atomic E-state index is 13.7. The molecule has 1 N–H and O–H groups in total. The molecule has 0 bridgehead atoms. The lowest BCUT2D eigenvalue weighted by Gasteiger charge is -2.14. The fourth-order valence-electron chi connectivity index (χ4n) is 3.88. The van der Waals surface area contributed by atoms with Crippen molar-refractivity contribution in [3.05, 3.63) is 76.1 Å². The second kappa shape index (κ2) is 9.20. The number of hydrogen-bond acceptors (Lipinski definition) is 3. The third-order valence-corrected chi connectivity index (χ3v) is 5.45. The Balaban J connectivity index is 1.99. The van der Waals surface area contributed by atoms with Gasteiger partial charge in [0, 0.05) is 24.0 Å². The van der Waals surface area contributed by atoms with Gasteiger partial charge in [0.05, 0.1) is 14.2 Å². The molecular weight excluding hydrogens is 402 g/mol. The van der Waals surface area contributed by atoms with E-state index >= 15 is 0 Å². The zero-order valence-electron chi connectivity index (χ0n) is 18.3. The van der Waals surface area contributed by atoms with E-state index in [-0.39, 0.29) is 12.5 Å². The second-order valence-electron chi connectivity index (χ2n) is 7.25. The summed E-state index contributed by atoms with van der Waals surface area (Å²) in [6, 6.07) is 8.90. The van der Waals surface area contributed by atoms with E-state index in [1.54, 1.807) is 25.3 Å². The van der Waals surface area contributed by atoms with Crippen molar-refractivity contribution in [3.63, 3.8) is 0 Å². The lowest BCUT2D eigenvalue weighted by Crippen LogP contribution is -2.19. The summed E-state index contributed by atoms with van der Waals surface area (Å²) in [5.41, 5.74) is 4.44. The highest BCUT2D eigenvalue weighted by Crippen LogP contribution is 2.31. The molecule has 1 amide bonds. The normalized spacial score (nSPS) is 10.8. The van der Waals surface area contributed by atoms with Crippen LogP contribution in [0.15, 0.2) is 36.4 Å². The maximum absolute atomic E-state index is 13.7. The molecule has 0 atom stereocenters. The molecule has 0 aliphatic carbocycles. The van der Waals surface area contributed by atoms with Crippen molar-refractivity contribution in [2.45, 2.75) is 33.7 Å². The monoisotopic (exact) mass is 428 g/mol. The summed E-state index contributed by atoms with van der Waals surface area (Å²) in [5, 5.41) is 2.91. The van der Waals surface area contributed by atoms with E-state index in [4.69, 9.17) is 9.47 Å². The number of halogens is 2. The topological polar surface area (TPSA) is 52.5 Å². The first-order valence-corrected chi connectivity index (χ1v) is 9.96. The number of aromatic nitrogens is 1. The average molecular weight is 428 g/mol. The quantitative estimate of drug-likeness (QED) is 0.558. The number of amides is 1. The molecule has 3 rings (SSSR count). The Bertz CT molecular complexity index is 1120. The fourth-order valence-corrected chi connectivity index (χ4v) is 3.88. The Morgan fingerprint density at radius 1 is 1.00 bits per heavy atom. The van der Waals surface area contributed by atoms with Gasteiger partial charge in [-0.2, -0.15) is 0 Å². The molecule has 31 heavy (non-hydrogen) atoms. The minimum Gasteiger partial charge on any atom is -0.493 e. The zero-order valence-corrected chi connectivity index (χ0v) is 18.3. The van der Waals surface area contributed by atoms with Crippen LogP contribution in [0.5, 0.6) is 11.5 Å². The molecule has 3 aromatic rings. The van der Waals surface area contributed by atoms with Crippen LogP contribution in [0.4, 0.5) is 14.5 Å². The first kappa shape index (κ1) is 22.3. The van der Waals surface area contributed by atoms with Crippen molar-refractivity contribution in [3.8, 4) is 11.5 Å². The molecule has 0 spiro atoms. The van der Waals surface area contributed by atoms with Gasteiger partial charge in [0.2, 0.25) is 0 Å². The van der Waals surface area contributed by atoms with Crippen molar-refractivity contribution < 1.29 is 23.0 Å². The highest BCUT2D eigenvalue weighted by atomic mass is 19.2. The van der Waals surface area contributed by atoms with Gasteiger partial charge in [-0.3, -0.25) is 4.79 Å². The third kappa shape index (κ3) is 4.40. The lowest BCUT2D eigenvalue weighted by atomic mass is 10.1. The van der Waals surface area contributed by atoms with Crippen LogP contribution < -0.4 is 14.8 Å². The minimum atomic E-state index is -0.911. The molecule has 0 unspecified atom stereocenters. The molecule has 5 nitrogen and oxygen atoms in total. The first-order valence-electron chi connectivity index (χ1n) is 9.96. The van der Waals surface area contributed by atoms with Crippen LogP contribution in [0.1, 0.15) is 39.8 Å². The maximum Gasteiger partial charge on any atom is 0.272 e. The molecule has 0 saturated carbocycles. The smallest absolute Gasteiger partial charge is 0.272 e. The van der Waals surface area contributed by atoms with Gasteiger partial charge < -0.3 is 19.4 Å². The SMILES string of the molecule is CCc1c(C)c(C(=O)Nc2ccc(OC)c(OC)c2)n(Cc2ccc(F)c(F)c2)c1C. The summed E-state index contributed by atoms with van der Waals surface area (Å²) < 4.78 is 39.5. The fraction of sp³-hybridized carbons (Fsp3) is 0.292. The van der Waals surface area contributed by atoms with Crippen LogP contribution in [0.25, 0.3) is 0 Å². The van der Waals surface area contributed by atoms with E-state index in [1.165, 1.54) is 13.2 Å². The van der Waals surface area contributed by atoms with E-state index in [9.17, 15) is 13.6 Å². The Morgan fingerprint density at radius 2 is 1.71 bits per heavy atom. The largest absolute Gasteiger partial charge is 0.493 e. The van der Waals surface area contributed by atoms with Gasteiger partial charge in [0.25, 0.3) is 5.91 Å². The summed E-state index contributed by atoms with van der Waals surface area (Å²) in [4.78, 5) is 13.3. The Kier molecular flexibility index (Phi) is 6.63. The minimum absolute atomic E-state index is 0.249. The number of hydrogen-bond donors (Lipinski definition) is 1. The van der Waals surface area contributed by atoms with Gasteiger partial charge in [-0.15, -0.1) is 0 Å². The molecule has 0 aliphatic heterocycles. The number of carbonyl (C=O) groups excluding carboxylic acids is 1. The second-order valence-corrected chi connectivity index (χ2v) is 7.25. The number of nitrogens with zero attached hydrogens (tertiary/aromatic N) is 1. The number of nitrogens with one attached hydrogen (secondary N) is 1. The molecule has 1 heterocycles. The van der Waals surface area contributed by atoms with Crippen molar-refractivity contribution in [1.29, 1.82) is 0 Å². The molecule has 0 saturated heterocycles. The number of rotatable bonds is 7. The number of carbonyl (C=O) groups is 1. The average Bonchev–Trinajstić information content (AvgIpc) is 2.99. The molecule has 164 valence electrons. The van der Waals surface area contributed by atoms with Crippen LogP contribution in [0, 0.1) is 25.5 Å². The van der Waals surface area contributed by atoms with Crippen LogP contribution in [0.2, 0.25) is 0 Å². The number of methoxy groups -OCH3 is 2. The highest BCUT2D eigenvalue weighted by Gasteiger charge is 2.23. The Morgan fingerprint density at radius 3 is 2.32 bits per heavy atom. The van der Waals surface area contributed by atoms with Gasteiger partial charge >= 0.3 is 0 Å². The van der Waals surface area contributed by atoms with Crippen LogP contribution in [-0.4, -0.2) is 24.7 Å². The van der Waals surface area contributed by atoms with Crippen molar-refractivity contribution in [2.75, 3.05) is 19.5 Å². The summed E-state index contributed by atoms with van der Waals surface area (Å²) >= 11 is 0. The van der Waals surface area contributed by atoms with Crippen LogP contribution in [0.3, 0.4) is 0 Å². The molecule has 0 fully saturated rings. The number of anilines is 1. The predicted molar refractivity (Wildman–Crippen MR) is 116 cm³/mol. The third-order valence-electron chi connectivity index (χ3n) is 5.45. The van der Waals surface area contributed by atoms with Gasteiger partial charge in [0.1, 0.15) is 5.69 Å². The number of benzene rings is 2. The van der Waals surface area contributed by atoms with E-state index in [0.29, 0.717) is 28.4 Å². The van der Waals surface area contributed by atoms with Gasteiger partial charge in [-0.05, 0) is 61.2 Å². The summed E-state index contributed by atoms with van der Waals surface area (Å²) in [5.74, 6) is -1.05. The van der Waals surface area contributed by atoms with E-state index in [1.807, 2.05) is 25.3 Å². The Labute approximate surface area is 180 Å². The van der Waals surface area contributed by atoms with Crippen molar-refractivity contribution in [2.24, 2.45) is 0 Å². The first-order chi connectivity index (χ1) is 14.8. The predicted octanol–water partition coefficient (Wildman–Crippen LogP) is 5.26. The Hall–Kier alpha value is -3.35. The van der Waals surface area contributed by atoms with E-state index in [2.05, 4.69) is 5.32 Å². The molecule has 0 aliphatic rings. The lowest BCUT2D eigenvalue weighted by molar-refractivity contribution is 0.101. The zero-order chi connectivity index (χ0) is 22.7. The standard InChI is InChI=1S/C24H26F2N2O3/c1-6-18-14(2)23(24(29)27-17-8-10-21(30-4)22(12-17)31-5)28(15(18)3)13-16-7-9-19(25)20(26)11-16/h7-12H,6,13H2,1-5H3,(H,27,29). The molecule has 2 aromatic carbocycles. The van der Waals surface area contributed by atoms with Crippen molar-refractivity contribution in [1.82, 2.24) is 4.57 Å². The van der Waals surface area contributed by atoms with Crippen LogP contribution >= 0.6 is 0 Å². The molecule has 0 radical (unpaired) electrons. The molecule has 1 aromatic heterocycles. The van der Waals surface area contributed by atoms with E-state index in [0.717, 1.165) is 35.4 Å². The van der Waals surface area contributed by atoms with Crippen LogP contribution in [-0.2, 0) is 13.0 Å². The van der Waals surface area contributed by atoms with Gasteiger partial charge in [-0.25, -0.2) is 8.78 Å². The summed E-state index contributed by atoms with van der Waals surface area (Å²) in [7, 11) is 3.07. The van der Waals surface area contributed by atoms with Crippen molar-refractivity contribution >= 4 is 11.6 Å². The molecular formula is C24H26F2N2O3. The van der Waals surface area contributed by atoms with Gasteiger partial charge in [-0.1, -0.05) is 13.0 Å². The summed E-state index contributed by atoms with van der Waals surface area (Å²) in [6.07, 6.45) is 0.749. The summed E-state index contributed by atoms with van der Waals surface area (Å²) in [6.45, 7) is 6.10. The van der Waals surface area contributed by atoms with Gasteiger partial charge in [0.15, 0.2) is 23.1 Å². The number of ether oxygens (including phenoxy) is 2.